The monoisotopic (exact) mass is 537 g/mol. The van der Waals surface area contributed by atoms with Crippen LogP contribution in [0.1, 0.15) is 20.3 Å². The lowest BCUT2D eigenvalue weighted by Crippen LogP contribution is -2.48. The summed E-state index contributed by atoms with van der Waals surface area (Å²) < 4.78 is 36.2. The van der Waals surface area contributed by atoms with E-state index in [2.05, 4.69) is 21.8 Å². The van der Waals surface area contributed by atoms with Crippen molar-refractivity contribution in [3.8, 4) is 22.8 Å². The molecule has 12 heteroatoms. The van der Waals surface area contributed by atoms with Crippen LogP contribution < -0.4 is 16.0 Å². The number of sulfonamides is 1. The molecule has 1 aliphatic rings. The number of ether oxygens (including phenoxy) is 1. The molecule has 200 valence electrons. The summed E-state index contributed by atoms with van der Waals surface area (Å²) >= 11 is 0. The zero-order chi connectivity index (χ0) is 26.9. The fourth-order valence-electron chi connectivity index (χ4n) is 4.49. The molecule has 0 saturated carbocycles. The normalized spacial score (nSPS) is 15.2. The molecule has 2 aromatic heterocycles. The number of nitrogens with one attached hydrogen (secondary N) is 1. The van der Waals surface area contributed by atoms with Crippen LogP contribution in [0.15, 0.2) is 58.5 Å². The summed E-state index contributed by atoms with van der Waals surface area (Å²) in [5.41, 5.74) is 7.61. The summed E-state index contributed by atoms with van der Waals surface area (Å²) in [4.78, 5) is 27.1. The smallest absolute Gasteiger partial charge is 0.279 e. The Morgan fingerprint density at radius 1 is 1.05 bits per heavy atom. The SMILES string of the molecule is CCCOc1ccc(S(=O)(=O)N2CCN(CC)CC2)cc1-c1nc2c(ncn2-c2ccc(N)cc2)c(=O)[nH]1. The first-order valence-electron chi connectivity index (χ1n) is 12.6. The van der Waals surface area contributed by atoms with Crippen molar-refractivity contribution in [3.05, 3.63) is 59.1 Å². The first kappa shape index (κ1) is 25.9. The lowest BCUT2D eigenvalue weighted by molar-refractivity contribution is 0.196. The third kappa shape index (κ3) is 4.89. The molecule has 5 rings (SSSR count). The minimum atomic E-state index is -3.76. The fourth-order valence-corrected chi connectivity index (χ4v) is 5.94. The second kappa shape index (κ2) is 10.6. The van der Waals surface area contributed by atoms with E-state index in [0.29, 0.717) is 55.4 Å². The van der Waals surface area contributed by atoms with Crippen molar-refractivity contribution < 1.29 is 13.2 Å². The largest absolute Gasteiger partial charge is 0.493 e. The Kier molecular flexibility index (Phi) is 7.19. The Labute approximate surface area is 220 Å². The molecule has 0 amide bonds. The van der Waals surface area contributed by atoms with Gasteiger partial charge in [-0.25, -0.2) is 18.4 Å². The standard InChI is InChI=1S/C26H31N7O4S/c1-3-15-37-22-10-9-20(38(35,36)32-13-11-31(4-2)12-14-32)16-21(22)24-29-25-23(26(34)30-24)28-17-33(25)19-7-5-18(27)6-8-19/h5-10,16-17H,3-4,11-15,27H2,1-2H3,(H,29,30,34). The summed E-state index contributed by atoms with van der Waals surface area (Å²) in [6, 6.07) is 11.8. The van der Waals surface area contributed by atoms with Crippen LogP contribution >= 0.6 is 0 Å². The number of nitrogen functional groups attached to an aromatic ring is 1. The number of piperazine rings is 1. The molecule has 11 nitrogen and oxygen atoms in total. The van der Waals surface area contributed by atoms with E-state index in [-0.39, 0.29) is 16.2 Å². The molecule has 1 saturated heterocycles. The van der Waals surface area contributed by atoms with Crippen LogP contribution in [-0.4, -0.2) is 76.5 Å². The molecule has 3 N–H and O–H groups in total. The van der Waals surface area contributed by atoms with Gasteiger partial charge in [-0.1, -0.05) is 13.8 Å². The molecule has 1 fully saturated rings. The highest BCUT2D eigenvalue weighted by Crippen LogP contribution is 2.32. The second-order valence-electron chi connectivity index (χ2n) is 9.14. The van der Waals surface area contributed by atoms with Gasteiger partial charge >= 0.3 is 0 Å². The summed E-state index contributed by atoms with van der Waals surface area (Å²) in [6.07, 6.45) is 2.28. The Morgan fingerprint density at radius 3 is 2.47 bits per heavy atom. The highest BCUT2D eigenvalue weighted by Gasteiger charge is 2.29. The number of hydrogen-bond acceptors (Lipinski definition) is 8. The van der Waals surface area contributed by atoms with E-state index in [0.717, 1.165) is 18.7 Å². The molecule has 0 radical (unpaired) electrons. The molecule has 2 aromatic carbocycles. The number of rotatable bonds is 8. The van der Waals surface area contributed by atoms with E-state index in [1.807, 2.05) is 6.92 Å². The van der Waals surface area contributed by atoms with Crippen LogP contribution in [-0.2, 0) is 10.0 Å². The van der Waals surface area contributed by atoms with Gasteiger partial charge in [0.25, 0.3) is 5.56 Å². The summed E-state index contributed by atoms with van der Waals surface area (Å²) in [5, 5.41) is 0. The van der Waals surface area contributed by atoms with Crippen LogP contribution in [0.3, 0.4) is 0 Å². The lowest BCUT2D eigenvalue weighted by atomic mass is 10.2. The number of fused-ring (bicyclic) bond motifs is 1. The van der Waals surface area contributed by atoms with Gasteiger partial charge < -0.3 is 20.4 Å². The van der Waals surface area contributed by atoms with Crippen molar-refractivity contribution >= 4 is 26.9 Å². The van der Waals surface area contributed by atoms with Gasteiger partial charge in [0, 0.05) is 37.6 Å². The summed E-state index contributed by atoms with van der Waals surface area (Å²) in [6.45, 7) is 7.55. The molecule has 0 spiro atoms. The van der Waals surface area contributed by atoms with E-state index in [1.165, 1.54) is 16.7 Å². The lowest BCUT2D eigenvalue weighted by Gasteiger charge is -2.33. The van der Waals surface area contributed by atoms with Crippen LogP contribution in [0.25, 0.3) is 28.2 Å². The molecular weight excluding hydrogens is 506 g/mol. The highest BCUT2D eigenvalue weighted by molar-refractivity contribution is 7.89. The highest BCUT2D eigenvalue weighted by atomic mass is 32.2. The molecule has 4 aromatic rings. The van der Waals surface area contributed by atoms with Crippen molar-refractivity contribution in [3.63, 3.8) is 0 Å². The average Bonchev–Trinajstić information content (AvgIpc) is 3.37. The zero-order valence-corrected chi connectivity index (χ0v) is 22.2. The number of H-pyrrole nitrogens is 1. The number of nitrogens with zero attached hydrogens (tertiary/aromatic N) is 5. The third-order valence-corrected chi connectivity index (χ3v) is 8.56. The number of aromatic amines is 1. The van der Waals surface area contributed by atoms with Gasteiger partial charge in [0.2, 0.25) is 10.0 Å². The molecule has 0 unspecified atom stereocenters. The molecule has 3 heterocycles. The van der Waals surface area contributed by atoms with Gasteiger partial charge in [-0.2, -0.15) is 4.31 Å². The van der Waals surface area contributed by atoms with Crippen molar-refractivity contribution in [2.45, 2.75) is 25.2 Å². The summed E-state index contributed by atoms with van der Waals surface area (Å²) in [7, 11) is -3.76. The van der Waals surface area contributed by atoms with Gasteiger partial charge in [0.1, 0.15) is 17.9 Å². The number of benzene rings is 2. The van der Waals surface area contributed by atoms with Crippen LogP contribution in [0, 0.1) is 0 Å². The van der Waals surface area contributed by atoms with E-state index >= 15 is 0 Å². The van der Waals surface area contributed by atoms with Gasteiger partial charge in [-0.05, 0) is 55.4 Å². The maximum Gasteiger partial charge on any atom is 0.279 e. The molecule has 0 aliphatic carbocycles. The van der Waals surface area contributed by atoms with Crippen LogP contribution in [0.4, 0.5) is 5.69 Å². The first-order valence-corrected chi connectivity index (χ1v) is 14.1. The number of likely N-dealkylation sites (N-methyl/N-ethyl adjacent to an activating group) is 1. The number of anilines is 1. The van der Waals surface area contributed by atoms with Crippen molar-refractivity contribution in [2.75, 3.05) is 45.1 Å². The van der Waals surface area contributed by atoms with E-state index in [1.54, 1.807) is 41.0 Å². The fraction of sp³-hybridized carbons (Fsp3) is 0.346. The van der Waals surface area contributed by atoms with Gasteiger partial charge in [0.15, 0.2) is 11.2 Å². The average molecular weight is 538 g/mol. The van der Waals surface area contributed by atoms with Gasteiger partial charge in [0.05, 0.1) is 17.1 Å². The molecule has 1 aliphatic heterocycles. The maximum atomic E-state index is 13.5. The van der Waals surface area contributed by atoms with Gasteiger partial charge in [-0.3, -0.25) is 9.36 Å². The van der Waals surface area contributed by atoms with Crippen LogP contribution in [0.5, 0.6) is 5.75 Å². The van der Waals surface area contributed by atoms with E-state index in [9.17, 15) is 13.2 Å². The number of nitrogens with two attached hydrogens (primary N) is 1. The topological polar surface area (TPSA) is 139 Å². The number of aromatic nitrogens is 4. The van der Waals surface area contributed by atoms with Gasteiger partial charge in [-0.15, -0.1) is 0 Å². The maximum absolute atomic E-state index is 13.5. The predicted molar refractivity (Wildman–Crippen MR) is 146 cm³/mol. The Hall–Kier alpha value is -3.74. The Bertz CT molecular complexity index is 1610. The second-order valence-corrected chi connectivity index (χ2v) is 11.1. The molecule has 38 heavy (non-hydrogen) atoms. The molecule has 0 bridgehead atoms. The zero-order valence-electron chi connectivity index (χ0n) is 21.4. The Morgan fingerprint density at radius 2 is 1.79 bits per heavy atom. The van der Waals surface area contributed by atoms with Crippen molar-refractivity contribution in [1.29, 1.82) is 0 Å². The van der Waals surface area contributed by atoms with E-state index in [4.69, 9.17) is 15.5 Å². The van der Waals surface area contributed by atoms with Crippen molar-refractivity contribution in [1.82, 2.24) is 28.7 Å². The first-order chi connectivity index (χ1) is 18.3. The summed E-state index contributed by atoms with van der Waals surface area (Å²) in [5.74, 6) is 0.626. The van der Waals surface area contributed by atoms with Crippen molar-refractivity contribution in [2.24, 2.45) is 0 Å². The number of hydrogen-bond donors (Lipinski definition) is 2. The predicted octanol–water partition coefficient (Wildman–Crippen LogP) is 2.47. The third-order valence-electron chi connectivity index (χ3n) is 6.66. The number of imidazole rings is 1. The quantitative estimate of drug-likeness (QED) is 0.327. The van der Waals surface area contributed by atoms with E-state index < -0.39 is 15.6 Å². The van der Waals surface area contributed by atoms with Crippen LogP contribution in [0.2, 0.25) is 0 Å². The minimum Gasteiger partial charge on any atom is -0.493 e. The molecule has 0 atom stereocenters. The molecular formula is C26H31N7O4S. The minimum absolute atomic E-state index is 0.121. The Balaban J connectivity index is 1.61.